The summed E-state index contributed by atoms with van der Waals surface area (Å²) in [6.45, 7) is 0.922. The molecule has 1 aliphatic rings. The highest BCUT2D eigenvalue weighted by molar-refractivity contribution is 7.92. The van der Waals surface area contributed by atoms with Crippen molar-refractivity contribution in [2.24, 2.45) is 0 Å². The molecule has 8 heteroatoms. The number of ether oxygens (including phenoxy) is 1. The summed E-state index contributed by atoms with van der Waals surface area (Å²) in [7, 11) is -2.32. The highest BCUT2D eigenvalue weighted by Gasteiger charge is 2.48. The second-order valence-corrected chi connectivity index (χ2v) is 7.87. The molecular weight excluding hydrogens is 320 g/mol. The monoisotopic (exact) mass is 340 g/mol. The molecule has 2 rings (SSSR count). The van der Waals surface area contributed by atoms with Crippen LogP contribution in [0.1, 0.15) is 23.2 Å². The van der Waals surface area contributed by atoms with E-state index in [4.69, 9.17) is 0 Å². The van der Waals surface area contributed by atoms with E-state index >= 15 is 0 Å². The van der Waals surface area contributed by atoms with Gasteiger partial charge in [0.2, 0.25) is 5.91 Å². The number of hydrogen-bond donors (Lipinski definition) is 2. The molecule has 1 amide bonds. The van der Waals surface area contributed by atoms with Gasteiger partial charge >= 0.3 is 5.97 Å². The lowest BCUT2D eigenvalue weighted by atomic mass is 9.95. The van der Waals surface area contributed by atoms with E-state index in [9.17, 15) is 18.0 Å². The van der Waals surface area contributed by atoms with Gasteiger partial charge in [0.1, 0.15) is 0 Å². The van der Waals surface area contributed by atoms with Crippen LogP contribution in [0.2, 0.25) is 0 Å². The fourth-order valence-electron chi connectivity index (χ4n) is 2.68. The van der Waals surface area contributed by atoms with Gasteiger partial charge in [-0.05, 0) is 44.1 Å². The van der Waals surface area contributed by atoms with Crippen molar-refractivity contribution >= 4 is 27.4 Å². The Morgan fingerprint density at radius 2 is 1.91 bits per heavy atom. The Bertz CT molecular complexity index is 708. The summed E-state index contributed by atoms with van der Waals surface area (Å²) in [6.07, 6.45) is 1.52. The Labute approximate surface area is 135 Å². The number of rotatable bonds is 4. The van der Waals surface area contributed by atoms with Crippen LogP contribution in [0.4, 0.5) is 5.69 Å². The third-order valence-electron chi connectivity index (χ3n) is 4.08. The van der Waals surface area contributed by atoms with Crippen LogP contribution in [0, 0.1) is 0 Å². The van der Waals surface area contributed by atoms with Gasteiger partial charge in [-0.3, -0.25) is 4.79 Å². The summed E-state index contributed by atoms with van der Waals surface area (Å²) in [5, 5.41) is 5.68. The molecule has 1 aromatic rings. The number of sulfone groups is 1. The molecular formula is C15H20N2O5S. The third kappa shape index (κ3) is 3.53. The van der Waals surface area contributed by atoms with Gasteiger partial charge in [0.05, 0.1) is 12.7 Å². The minimum absolute atomic E-state index is 0.217. The molecule has 7 nitrogen and oxygen atoms in total. The van der Waals surface area contributed by atoms with Gasteiger partial charge < -0.3 is 15.4 Å². The maximum absolute atomic E-state index is 12.7. The van der Waals surface area contributed by atoms with Crippen LogP contribution in [-0.2, 0) is 19.4 Å². The predicted octanol–water partition coefficient (Wildman–Crippen LogP) is 0.578. The molecule has 1 heterocycles. The van der Waals surface area contributed by atoms with Crippen LogP contribution >= 0.6 is 0 Å². The second-order valence-electron chi connectivity index (χ2n) is 5.54. The third-order valence-corrected chi connectivity index (χ3v) is 6.09. The first-order valence-electron chi connectivity index (χ1n) is 7.20. The number of carbonyl (C=O) groups is 2. The number of carbonyl (C=O) groups excluding carboxylic acids is 2. The van der Waals surface area contributed by atoms with Gasteiger partial charge in [-0.1, -0.05) is 6.07 Å². The number of hydrogen-bond acceptors (Lipinski definition) is 6. The van der Waals surface area contributed by atoms with Crippen LogP contribution in [0.3, 0.4) is 0 Å². The maximum atomic E-state index is 12.7. The lowest BCUT2D eigenvalue weighted by Crippen LogP contribution is -2.55. The van der Waals surface area contributed by atoms with Crippen molar-refractivity contribution in [1.82, 2.24) is 5.32 Å². The van der Waals surface area contributed by atoms with Crippen LogP contribution in [0.25, 0.3) is 0 Å². The number of nitrogens with one attached hydrogen (secondary N) is 2. The number of esters is 1. The minimum atomic E-state index is -3.58. The summed E-state index contributed by atoms with van der Waals surface area (Å²) in [6, 6.07) is 6.21. The van der Waals surface area contributed by atoms with Gasteiger partial charge in [-0.25, -0.2) is 13.2 Å². The van der Waals surface area contributed by atoms with Crippen LogP contribution < -0.4 is 10.6 Å². The molecule has 1 aromatic carbocycles. The molecule has 1 fully saturated rings. The Morgan fingerprint density at radius 3 is 2.48 bits per heavy atom. The molecule has 0 atom stereocenters. The van der Waals surface area contributed by atoms with E-state index < -0.39 is 26.5 Å². The predicted molar refractivity (Wildman–Crippen MR) is 86.1 cm³/mol. The van der Waals surface area contributed by atoms with Crippen molar-refractivity contribution in [1.29, 1.82) is 0 Å². The van der Waals surface area contributed by atoms with Gasteiger partial charge in [0.25, 0.3) is 0 Å². The first-order valence-corrected chi connectivity index (χ1v) is 9.09. The first kappa shape index (κ1) is 17.4. The zero-order valence-corrected chi connectivity index (χ0v) is 13.9. The Kier molecular flexibility index (Phi) is 5.06. The fraction of sp³-hybridized carbons (Fsp3) is 0.467. The van der Waals surface area contributed by atoms with Gasteiger partial charge in [-0.2, -0.15) is 0 Å². The summed E-state index contributed by atoms with van der Waals surface area (Å²) < 4.78 is 27.6. The molecule has 0 aromatic heterocycles. The molecule has 0 bridgehead atoms. The number of methoxy groups -OCH3 is 1. The molecule has 126 valence electrons. The maximum Gasteiger partial charge on any atom is 0.337 e. The minimum Gasteiger partial charge on any atom is -0.465 e. The number of benzene rings is 1. The van der Waals surface area contributed by atoms with E-state index in [1.54, 1.807) is 18.2 Å². The van der Waals surface area contributed by atoms with Gasteiger partial charge in [-0.15, -0.1) is 0 Å². The average Bonchev–Trinajstić information content (AvgIpc) is 2.54. The van der Waals surface area contributed by atoms with Crippen LogP contribution in [0.15, 0.2) is 24.3 Å². The van der Waals surface area contributed by atoms with E-state index in [1.807, 2.05) is 0 Å². The van der Waals surface area contributed by atoms with Crippen molar-refractivity contribution in [3.63, 3.8) is 0 Å². The van der Waals surface area contributed by atoms with Crippen molar-refractivity contribution < 1.29 is 22.7 Å². The zero-order chi connectivity index (χ0) is 17.1. The van der Waals surface area contributed by atoms with Crippen LogP contribution in [0.5, 0.6) is 0 Å². The summed E-state index contributed by atoms with van der Waals surface area (Å²) in [4.78, 5) is 24.2. The molecule has 0 aliphatic carbocycles. The summed E-state index contributed by atoms with van der Waals surface area (Å²) in [5.41, 5.74) is 0.642. The lowest BCUT2D eigenvalue weighted by Gasteiger charge is -2.34. The molecule has 0 spiro atoms. The first-order chi connectivity index (χ1) is 10.8. The van der Waals surface area contributed by atoms with E-state index in [0.717, 1.165) is 6.26 Å². The van der Waals surface area contributed by atoms with Gasteiger partial charge in [0.15, 0.2) is 14.6 Å². The molecule has 0 radical (unpaired) electrons. The quantitative estimate of drug-likeness (QED) is 0.778. The number of piperidine rings is 1. The van der Waals surface area contributed by atoms with Gasteiger partial charge in [0, 0.05) is 11.9 Å². The molecule has 2 N–H and O–H groups in total. The summed E-state index contributed by atoms with van der Waals surface area (Å²) in [5.74, 6) is -1.09. The lowest BCUT2D eigenvalue weighted by molar-refractivity contribution is -0.119. The van der Waals surface area contributed by atoms with Crippen molar-refractivity contribution in [2.45, 2.75) is 17.6 Å². The van der Waals surface area contributed by atoms with Crippen LogP contribution in [-0.4, -0.2) is 51.5 Å². The highest BCUT2D eigenvalue weighted by Crippen LogP contribution is 2.29. The average molecular weight is 340 g/mol. The van der Waals surface area contributed by atoms with Crippen molar-refractivity contribution in [2.75, 3.05) is 31.8 Å². The molecule has 0 saturated carbocycles. The topological polar surface area (TPSA) is 102 Å². The zero-order valence-electron chi connectivity index (χ0n) is 13.1. The Hall–Kier alpha value is -1.93. The molecule has 1 aliphatic heterocycles. The van der Waals surface area contributed by atoms with E-state index in [2.05, 4.69) is 15.4 Å². The normalized spacial score (nSPS) is 17.3. The summed E-state index contributed by atoms with van der Waals surface area (Å²) >= 11 is 0. The molecule has 23 heavy (non-hydrogen) atoms. The van der Waals surface area contributed by atoms with E-state index in [1.165, 1.54) is 13.2 Å². The fourth-order valence-corrected chi connectivity index (χ4v) is 4.02. The Balaban J connectivity index is 2.28. The SMILES string of the molecule is COC(=O)c1cccc(NC(=O)C2(S(C)(=O)=O)CCNCC2)c1. The Morgan fingerprint density at radius 1 is 1.26 bits per heavy atom. The van der Waals surface area contributed by atoms with E-state index in [0.29, 0.717) is 18.8 Å². The second kappa shape index (κ2) is 6.67. The van der Waals surface area contributed by atoms with Crippen molar-refractivity contribution in [3.05, 3.63) is 29.8 Å². The smallest absolute Gasteiger partial charge is 0.337 e. The molecule has 1 saturated heterocycles. The molecule has 0 unspecified atom stereocenters. The van der Waals surface area contributed by atoms with E-state index in [-0.39, 0.29) is 18.4 Å². The highest BCUT2D eigenvalue weighted by atomic mass is 32.2. The standard InChI is InChI=1S/C15H20N2O5S/c1-22-13(18)11-4-3-5-12(10-11)17-14(19)15(23(2,20)21)6-8-16-9-7-15/h3-5,10,16H,6-9H2,1-2H3,(H,17,19). The number of amides is 1. The largest absolute Gasteiger partial charge is 0.465 e. The van der Waals surface area contributed by atoms with Crippen molar-refractivity contribution in [3.8, 4) is 0 Å². The number of anilines is 1.